The predicted molar refractivity (Wildman–Crippen MR) is 64.7 cm³/mol. The van der Waals surface area contributed by atoms with E-state index in [0.717, 1.165) is 5.69 Å². The van der Waals surface area contributed by atoms with E-state index < -0.39 is 0 Å². The van der Waals surface area contributed by atoms with Gasteiger partial charge in [0.25, 0.3) is 5.91 Å². The number of carbonyl (C=O) groups is 1. The molecule has 1 amide bonds. The van der Waals surface area contributed by atoms with Crippen LogP contribution in [0.2, 0.25) is 0 Å². The van der Waals surface area contributed by atoms with Crippen LogP contribution in [0.15, 0.2) is 48.0 Å². The first kappa shape index (κ1) is 11.1. The fraction of sp³-hybridized carbons (Fsp3) is 0.0833. The van der Waals surface area contributed by atoms with Crippen LogP contribution in [0.25, 0.3) is 0 Å². The number of aryl methyl sites for hydroxylation is 1. The molecule has 0 unspecified atom stereocenters. The van der Waals surface area contributed by atoms with Crippen LogP contribution in [0.1, 0.15) is 16.1 Å². The minimum absolute atomic E-state index is 0.274. The molecule has 5 heteroatoms. The number of carbonyl (C=O) groups excluding carboxylic acids is 1. The summed E-state index contributed by atoms with van der Waals surface area (Å²) in [5.74, 6) is -0.274. The molecule has 2 rings (SSSR count). The summed E-state index contributed by atoms with van der Waals surface area (Å²) in [6, 6.07) is 7.19. The van der Waals surface area contributed by atoms with Gasteiger partial charge in [0.2, 0.25) is 0 Å². The third kappa shape index (κ3) is 2.78. The maximum absolute atomic E-state index is 11.6. The molecule has 17 heavy (non-hydrogen) atoms. The summed E-state index contributed by atoms with van der Waals surface area (Å²) < 4.78 is 1.90. The lowest BCUT2D eigenvalue weighted by Crippen LogP contribution is -2.17. The third-order valence-electron chi connectivity index (χ3n) is 2.27. The number of hydrazone groups is 1. The summed E-state index contributed by atoms with van der Waals surface area (Å²) in [6.07, 6.45) is 6.61. The van der Waals surface area contributed by atoms with E-state index in [0.29, 0.717) is 5.56 Å². The van der Waals surface area contributed by atoms with Crippen molar-refractivity contribution in [3.63, 3.8) is 0 Å². The largest absolute Gasteiger partial charge is 0.350 e. The molecule has 0 saturated carbocycles. The highest BCUT2D eigenvalue weighted by molar-refractivity contribution is 5.94. The van der Waals surface area contributed by atoms with Crippen molar-refractivity contribution in [2.45, 2.75) is 0 Å². The van der Waals surface area contributed by atoms with Gasteiger partial charge in [-0.3, -0.25) is 9.78 Å². The Morgan fingerprint density at radius 2 is 2.35 bits per heavy atom. The van der Waals surface area contributed by atoms with Crippen molar-refractivity contribution in [1.82, 2.24) is 15.0 Å². The second-order valence-corrected chi connectivity index (χ2v) is 3.48. The Morgan fingerprint density at radius 3 is 3.00 bits per heavy atom. The van der Waals surface area contributed by atoms with E-state index in [1.165, 1.54) is 6.20 Å². The fourth-order valence-corrected chi connectivity index (χ4v) is 1.33. The van der Waals surface area contributed by atoms with Crippen molar-refractivity contribution >= 4 is 12.1 Å². The predicted octanol–water partition coefficient (Wildman–Crippen LogP) is 1.18. The van der Waals surface area contributed by atoms with Gasteiger partial charge in [-0.05, 0) is 24.3 Å². The SMILES string of the molecule is Cn1cccc1/C=N\NC(=O)c1cccnc1. The Hall–Kier alpha value is -2.43. The molecular weight excluding hydrogens is 216 g/mol. The molecule has 5 nitrogen and oxygen atoms in total. The fourth-order valence-electron chi connectivity index (χ4n) is 1.33. The van der Waals surface area contributed by atoms with Crippen LogP contribution in [0, 0.1) is 0 Å². The summed E-state index contributed by atoms with van der Waals surface area (Å²) in [5.41, 5.74) is 3.84. The molecule has 0 spiro atoms. The van der Waals surface area contributed by atoms with Gasteiger partial charge in [0.1, 0.15) is 0 Å². The van der Waals surface area contributed by atoms with Gasteiger partial charge in [0.05, 0.1) is 17.5 Å². The molecule has 0 fully saturated rings. The zero-order valence-electron chi connectivity index (χ0n) is 9.37. The molecule has 86 valence electrons. The highest BCUT2D eigenvalue weighted by Gasteiger charge is 2.02. The first-order valence-corrected chi connectivity index (χ1v) is 5.12. The normalized spacial score (nSPS) is 10.6. The number of rotatable bonds is 3. The van der Waals surface area contributed by atoms with Gasteiger partial charge in [0.15, 0.2) is 0 Å². The van der Waals surface area contributed by atoms with Gasteiger partial charge in [-0.25, -0.2) is 5.43 Å². The summed E-state index contributed by atoms with van der Waals surface area (Å²) in [5, 5.41) is 3.88. The van der Waals surface area contributed by atoms with Crippen molar-refractivity contribution in [3.8, 4) is 0 Å². The average Bonchev–Trinajstić information content (AvgIpc) is 2.76. The molecule has 0 aliphatic carbocycles. The van der Waals surface area contributed by atoms with Crippen LogP contribution in [0.5, 0.6) is 0 Å². The molecule has 0 radical (unpaired) electrons. The van der Waals surface area contributed by atoms with Crippen LogP contribution in [0.4, 0.5) is 0 Å². The van der Waals surface area contributed by atoms with Crippen LogP contribution < -0.4 is 5.43 Å². The maximum atomic E-state index is 11.6. The number of aromatic nitrogens is 2. The number of amides is 1. The smallest absolute Gasteiger partial charge is 0.272 e. The van der Waals surface area contributed by atoms with E-state index in [1.54, 1.807) is 24.5 Å². The first-order chi connectivity index (χ1) is 8.27. The number of nitrogens with zero attached hydrogens (tertiary/aromatic N) is 3. The van der Waals surface area contributed by atoms with Gasteiger partial charge in [0, 0.05) is 25.6 Å². The number of hydrogen-bond donors (Lipinski definition) is 1. The lowest BCUT2D eigenvalue weighted by Gasteiger charge is -1.98. The van der Waals surface area contributed by atoms with Crippen LogP contribution >= 0.6 is 0 Å². The van der Waals surface area contributed by atoms with E-state index in [9.17, 15) is 4.79 Å². The van der Waals surface area contributed by atoms with E-state index in [4.69, 9.17) is 0 Å². The second kappa shape index (κ2) is 5.07. The van der Waals surface area contributed by atoms with Gasteiger partial charge in [-0.15, -0.1) is 0 Å². The highest BCUT2D eigenvalue weighted by atomic mass is 16.2. The second-order valence-electron chi connectivity index (χ2n) is 3.48. The molecule has 2 aromatic rings. The minimum Gasteiger partial charge on any atom is -0.350 e. The van der Waals surface area contributed by atoms with Crippen molar-refractivity contribution in [1.29, 1.82) is 0 Å². The Morgan fingerprint density at radius 1 is 1.47 bits per heavy atom. The van der Waals surface area contributed by atoms with Gasteiger partial charge < -0.3 is 4.57 Å². The van der Waals surface area contributed by atoms with E-state index in [-0.39, 0.29) is 5.91 Å². The van der Waals surface area contributed by atoms with E-state index >= 15 is 0 Å². The Kier molecular flexibility index (Phi) is 3.30. The van der Waals surface area contributed by atoms with E-state index in [2.05, 4.69) is 15.5 Å². The molecular formula is C12H12N4O. The Bertz CT molecular complexity index is 530. The molecule has 1 N–H and O–H groups in total. The lowest BCUT2D eigenvalue weighted by atomic mass is 10.3. The molecule has 2 aromatic heterocycles. The topological polar surface area (TPSA) is 59.3 Å². The zero-order valence-corrected chi connectivity index (χ0v) is 9.37. The van der Waals surface area contributed by atoms with Gasteiger partial charge in [-0.2, -0.15) is 5.10 Å². The standard InChI is InChI=1S/C12H12N4O/c1-16-7-3-5-11(16)9-14-15-12(17)10-4-2-6-13-8-10/h2-9H,1H3,(H,15,17)/b14-9-. The van der Waals surface area contributed by atoms with Gasteiger partial charge in [-0.1, -0.05) is 0 Å². The van der Waals surface area contributed by atoms with Crippen LogP contribution in [-0.4, -0.2) is 21.7 Å². The van der Waals surface area contributed by atoms with Crippen molar-refractivity contribution in [2.75, 3.05) is 0 Å². The quantitative estimate of drug-likeness (QED) is 0.633. The first-order valence-electron chi connectivity index (χ1n) is 5.12. The molecule has 0 bridgehead atoms. The molecule has 0 aromatic carbocycles. The number of pyridine rings is 1. The molecule has 0 atom stereocenters. The number of nitrogens with one attached hydrogen (secondary N) is 1. The monoisotopic (exact) mass is 228 g/mol. The van der Waals surface area contributed by atoms with Crippen LogP contribution in [0.3, 0.4) is 0 Å². The summed E-state index contributed by atoms with van der Waals surface area (Å²) in [7, 11) is 1.91. The molecule has 0 saturated heterocycles. The Balaban J connectivity index is 1.97. The van der Waals surface area contributed by atoms with Crippen LogP contribution in [-0.2, 0) is 7.05 Å². The number of hydrogen-bond acceptors (Lipinski definition) is 3. The lowest BCUT2D eigenvalue weighted by molar-refractivity contribution is 0.0955. The highest BCUT2D eigenvalue weighted by Crippen LogP contribution is 1.96. The van der Waals surface area contributed by atoms with Crippen molar-refractivity contribution in [2.24, 2.45) is 12.1 Å². The van der Waals surface area contributed by atoms with Crippen molar-refractivity contribution < 1.29 is 4.79 Å². The minimum atomic E-state index is -0.274. The summed E-state index contributed by atoms with van der Waals surface area (Å²) >= 11 is 0. The third-order valence-corrected chi connectivity index (χ3v) is 2.27. The zero-order chi connectivity index (χ0) is 12.1. The van der Waals surface area contributed by atoms with Crippen molar-refractivity contribution in [3.05, 3.63) is 54.1 Å². The Labute approximate surface area is 98.8 Å². The summed E-state index contributed by atoms with van der Waals surface area (Å²) in [6.45, 7) is 0. The van der Waals surface area contributed by atoms with E-state index in [1.807, 2.05) is 29.9 Å². The molecule has 0 aliphatic heterocycles. The molecule has 2 heterocycles. The average molecular weight is 228 g/mol. The molecule has 0 aliphatic rings. The maximum Gasteiger partial charge on any atom is 0.272 e. The van der Waals surface area contributed by atoms with Gasteiger partial charge >= 0.3 is 0 Å². The summed E-state index contributed by atoms with van der Waals surface area (Å²) in [4.78, 5) is 15.4.